The Morgan fingerprint density at radius 2 is 2.06 bits per heavy atom. The van der Waals surface area contributed by atoms with E-state index in [9.17, 15) is 0 Å². The molecule has 3 atom stereocenters. The van der Waals surface area contributed by atoms with Crippen molar-refractivity contribution in [3.63, 3.8) is 0 Å². The van der Waals surface area contributed by atoms with Crippen molar-refractivity contribution in [1.82, 2.24) is 5.32 Å². The fourth-order valence-electron chi connectivity index (χ4n) is 4.18. The van der Waals surface area contributed by atoms with Crippen molar-refractivity contribution in [2.24, 2.45) is 16.7 Å². The Balaban J connectivity index is 2.05. The highest BCUT2D eigenvalue weighted by molar-refractivity contribution is 5.13. The molecule has 0 amide bonds. The number of rotatable bonds is 4. The second kappa shape index (κ2) is 3.87. The predicted molar refractivity (Wildman–Crippen MR) is 70.5 cm³/mol. The molecule has 0 radical (unpaired) electrons. The van der Waals surface area contributed by atoms with Crippen LogP contribution in [0.25, 0.3) is 0 Å². The standard InChI is InChI=1S/C15H27N/c1-6-11(2)10-16-13-14(3,4)12-7-8-15(13,5)9-12/h12-13,16H,2,6-10H2,1,3-5H3. The van der Waals surface area contributed by atoms with Crippen LogP contribution in [0.15, 0.2) is 12.2 Å². The molecule has 0 aliphatic heterocycles. The molecule has 0 heterocycles. The van der Waals surface area contributed by atoms with E-state index in [-0.39, 0.29) is 0 Å². The van der Waals surface area contributed by atoms with Gasteiger partial charge in [0.25, 0.3) is 0 Å². The highest BCUT2D eigenvalue weighted by Crippen LogP contribution is 2.62. The van der Waals surface area contributed by atoms with Gasteiger partial charge in [0.2, 0.25) is 0 Å². The largest absolute Gasteiger partial charge is 0.309 e. The van der Waals surface area contributed by atoms with Crippen LogP contribution in [0.4, 0.5) is 0 Å². The van der Waals surface area contributed by atoms with Crippen LogP contribution in [0, 0.1) is 16.7 Å². The minimum absolute atomic E-state index is 0.473. The lowest BCUT2D eigenvalue weighted by Gasteiger charge is -2.43. The maximum absolute atomic E-state index is 4.10. The maximum Gasteiger partial charge on any atom is 0.0178 e. The Morgan fingerprint density at radius 3 is 2.56 bits per heavy atom. The summed E-state index contributed by atoms with van der Waals surface area (Å²) in [4.78, 5) is 0. The van der Waals surface area contributed by atoms with Gasteiger partial charge in [0, 0.05) is 12.6 Å². The molecule has 1 nitrogen and oxygen atoms in total. The van der Waals surface area contributed by atoms with Gasteiger partial charge in [0.1, 0.15) is 0 Å². The molecule has 16 heavy (non-hydrogen) atoms. The Kier molecular flexibility index (Phi) is 2.94. The van der Waals surface area contributed by atoms with Crippen molar-refractivity contribution < 1.29 is 0 Å². The lowest BCUT2D eigenvalue weighted by Crippen LogP contribution is -2.50. The van der Waals surface area contributed by atoms with E-state index in [0.29, 0.717) is 16.9 Å². The van der Waals surface area contributed by atoms with Crippen molar-refractivity contribution in [1.29, 1.82) is 0 Å². The number of hydrogen-bond acceptors (Lipinski definition) is 1. The molecule has 1 heteroatoms. The van der Waals surface area contributed by atoms with Gasteiger partial charge in [-0.05, 0) is 42.4 Å². The zero-order valence-corrected chi connectivity index (χ0v) is 11.4. The van der Waals surface area contributed by atoms with Crippen LogP contribution in [0.1, 0.15) is 53.4 Å². The van der Waals surface area contributed by atoms with Crippen LogP contribution in [0.2, 0.25) is 0 Å². The fourth-order valence-corrected chi connectivity index (χ4v) is 4.18. The van der Waals surface area contributed by atoms with Gasteiger partial charge >= 0.3 is 0 Å². The zero-order chi connectivity index (χ0) is 12.0. The topological polar surface area (TPSA) is 12.0 Å². The van der Waals surface area contributed by atoms with Crippen LogP contribution in [-0.2, 0) is 0 Å². The fraction of sp³-hybridized carbons (Fsp3) is 0.867. The Labute approximate surface area is 101 Å². The van der Waals surface area contributed by atoms with E-state index in [4.69, 9.17) is 0 Å². The molecule has 2 saturated carbocycles. The SMILES string of the molecule is C=C(CC)CNC1C2(C)CCC(C2)C1(C)C. The smallest absolute Gasteiger partial charge is 0.0178 e. The van der Waals surface area contributed by atoms with Crippen molar-refractivity contribution >= 4 is 0 Å². The summed E-state index contributed by atoms with van der Waals surface area (Å²) in [6, 6.07) is 0.682. The molecule has 2 aliphatic carbocycles. The van der Waals surface area contributed by atoms with Gasteiger partial charge in [-0.3, -0.25) is 0 Å². The first kappa shape index (κ1) is 12.2. The number of hydrogen-bond donors (Lipinski definition) is 1. The monoisotopic (exact) mass is 221 g/mol. The van der Waals surface area contributed by atoms with Crippen molar-refractivity contribution in [3.8, 4) is 0 Å². The van der Waals surface area contributed by atoms with Gasteiger partial charge in [-0.2, -0.15) is 0 Å². The first-order valence-corrected chi connectivity index (χ1v) is 6.80. The molecule has 2 rings (SSSR count). The maximum atomic E-state index is 4.10. The summed E-state index contributed by atoms with van der Waals surface area (Å²) < 4.78 is 0. The van der Waals surface area contributed by atoms with Crippen molar-refractivity contribution in [2.45, 2.75) is 59.4 Å². The lowest BCUT2D eigenvalue weighted by atomic mass is 9.68. The van der Waals surface area contributed by atoms with E-state index in [1.165, 1.54) is 24.8 Å². The van der Waals surface area contributed by atoms with Gasteiger partial charge in [0.05, 0.1) is 0 Å². The first-order chi connectivity index (χ1) is 7.40. The molecule has 0 aromatic heterocycles. The summed E-state index contributed by atoms with van der Waals surface area (Å²) in [6.07, 6.45) is 5.38. The van der Waals surface area contributed by atoms with E-state index >= 15 is 0 Å². The molecule has 0 aromatic carbocycles. The molecule has 2 fully saturated rings. The second-order valence-corrected chi connectivity index (χ2v) is 6.83. The van der Waals surface area contributed by atoms with Crippen LogP contribution in [-0.4, -0.2) is 12.6 Å². The predicted octanol–water partition coefficient (Wildman–Crippen LogP) is 3.76. The quantitative estimate of drug-likeness (QED) is 0.713. The van der Waals surface area contributed by atoms with Gasteiger partial charge in [-0.25, -0.2) is 0 Å². The van der Waals surface area contributed by atoms with Gasteiger partial charge in [-0.15, -0.1) is 0 Å². The Morgan fingerprint density at radius 1 is 1.38 bits per heavy atom. The van der Waals surface area contributed by atoms with Crippen LogP contribution >= 0.6 is 0 Å². The van der Waals surface area contributed by atoms with E-state index < -0.39 is 0 Å². The van der Waals surface area contributed by atoms with Crippen LogP contribution in [0.3, 0.4) is 0 Å². The molecular weight excluding hydrogens is 194 g/mol. The summed E-state index contributed by atoms with van der Waals surface area (Å²) in [5.74, 6) is 0.935. The third-order valence-electron chi connectivity index (χ3n) is 5.33. The normalized spacial score (nSPS) is 40.2. The third-order valence-corrected chi connectivity index (χ3v) is 5.33. The molecule has 2 bridgehead atoms. The summed E-state index contributed by atoms with van der Waals surface area (Å²) in [5.41, 5.74) is 2.35. The number of nitrogens with one attached hydrogen (secondary N) is 1. The molecule has 92 valence electrons. The Bertz CT molecular complexity index is 287. The van der Waals surface area contributed by atoms with E-state index in [1.54, 1.807) is 0 Å². The molecule has 3 unspecified atom stereocenters. The van der Waals surface area contributed by atoms with Gasteiger partial charge < -0.3 is 5.32 Å². The number of fused-ring (bicyclic) bond motifs is 2. The highest BCUT2D eigenvalue weighted by Gasteiger charge is 2.58. The molecular formula is C15H27N. The first-order valence-electron chi connectivity index (χ1n) is 6.80. The van der Waals surface area contributed by atoms with Gasteiger partial charge in [-0.1, -0.05) is 39.8 Å². The summed E-state index contributed by atoms with van der Waals surface area (Å²) in [7, 11) is 0. The van der Waals surface area contributed by atoms with Gasteiger partial charge in [0.15, 0.2) is 0 Å². The van der Waals surface area contributed by atoms with Crippen LogP contribution < -0.4 is 5.32 Å². The minimum Gasteiger partial charge on any atom is -0.309 e. The van der Waals surface area contributed by atoms with Crippen LogP contribution in [0.5, 0.6) is 0 Å². The summed E-state index contributed by atoms with van der Waals surface area (Å²) in [5, 5.41) is 3.79. The minimum atomic E-state index is 0.473. The average molecular weight is 221 g/mol. The molecule has 2 aliphatic rings. The second-order valence-electron chi connectivity index (χ2n) is 6.83. The van der Waals surface area contributed by atoms with E-state index in [1.807, 2.05) is 0 Å². The molecule has 0 saturated heterocycles. The van der Waals surface area contributed by atoms with Crippen molar-refractivity contribution in [2.75, 3.05) is 6.54 Å². The van der Waals surface area contributed by atoms with Crippen molar-refractivity contribution in [3.05, 3.63) is 12.2 Å². The average Bonchev–Trinajstić information content (AvgIpc) is 2.68. The lowest BCUT2D eigenvalue weighted by molar-refractivity contribution is 0.112. The molecule has 1 N–H and O–H groups in total. The third kappa shape index (κ3) is 1.73. The summed E-state index contributed by atoms with van der Waals surface area (Å²) >= 11 is 0. The zero-order valence-electron chi connectivity index (χ0n) is 11.4. The molecule has 0 spiro atoms. The molecule has 0 aromatic rings. The Hall–Kier alpha value is -0.300. The van der Waals surface area contributed by atoms with E-state index in [0.717, 1.165) is 18.9 Å². The highest BCUT2D eigenvalue weighted by atomic mass is 15.0. The van der Waals surface area contributed by atoms with E-state index in [2.05, 4.69) is 39.6 Å². The summed E-state index contributed by atoms with van der Waals surface area (Å²) in [6.45, 7) is 14.7.